The molecule has 2 aliphatic heterocycles. The number of carbonyl (C=O) groups is 3. The minimum absolute atomic E-state index is 0.0262. The van der Waals surface area contributed by atoms with Crippen molar-refractivity contribution in [3.63, 3.8) is 0 Å². The summed E-state index contributed by atoms with van der Waals surface area (Å²) in [4.78, 5) is 43.9. The van der Waals surface area contributed by atoms with Gasteiger partial charge < -0.3 is 40.0 Å². The Bertz CT molecular complexity index is 1160. The van der Waals surface area contributed by atoms with Crippen LogP contribution in [-0.2, 0) is 28.5 Å². The van der Waals surface area contributed by atoms with Crippen LogP contribution < -0.4 is 20.9 Å². The van der Waals surface area contributed by atoms with Crippen LogP contribution in [0, 0.1) is 10.9 Å². The number of hydrogen-bond donors (Lipinski definition) is 5. The minimum atomic E-state index is -0.287. The highest BCUT2D eigenvalue weighted by atomic mass is 32.2. The summed E-state index contributed by atoms with van der Waals surface area (Å²) in [6, 6.07) is 0.378. The Morgan fingerprint density at radius 1 is 0.958 bits per heavy atom. The first-order valence-electron chi connectivity index (χ1n) is 17.0. The predicted molar refractivity (Wildman–Crippen MR) is 182 cm³/mol. The molecule has 0 bridgehead atoms. The van der Waals surface area contributed by atoms with Gasteiger partial charge in [0.2, 0.25) is 10.8 Å². The molecule has 3 rings (SSSR count). The fraction of sp³-hybridized carbons (Fsp3) is 0.812. The van der Waals surface area contributed by atoms with Crippen LogP contribution in [0.25, 0.3) is 0 Å². The number of allylic oxidation sites excluding steroid dienone is 2. The number of nitrogens with one attached hydrogen (secondary N) is 4. The van der Waals surface area contributed by atoms with Crippen LogP contribution in [0.3, 0.4) is 0 Å². The van der Waals surface area contributed by atoms with Crippen LogP contribution in [0.2, 0.25) is 0 Å². The number of ketones is 1. The van der Waals surface area contributed by atoms with Gasteiger partial charge in [0.15, 0.2) is 5.78 Å². The Morgan fingerprint density at radius 3 is 2.33 bits per heavy atom. The first-order chi connectivity index (χ1) is 23.2. The highest BCUT2D eigenvalue weighted by Crippen LogP contribution is 2.36. The molecule has 3 aliphatic rings. The Hall–Kier alpha value is -2.88. The molecule has 2 fully saturated rings. The van der Waals surface area contributed by atoms with Gasteiger partial charge in [-0.05, 0) is 24.7 Å². The Labute approximate surface area is 287 Å². The molecule has 15 nitrogen and oxygen atoms in total. The molecule has 16 heteroatoms. The zero-order valence-electron chi connectivity index (χ0n) is 28.4. The maximum absolute atomic E-state index is 12.8. The number of ether oxygens (including phenoxy) is 4. The Balaban J connectivity index is 1.13. The first kappa shape index (κ1) is 39.6. The smallest absolute Gasteiger partial charge is 0.315 e. The molecule has 2 saturated heterocycles. The lowest BCUT2D eigenvalue weighted by atomic mass is 9.75. The third-order valence-electron chi connectivity index (χ3n) is 8.18. The second-order valence-corrected chi connectivity index (χ2v) is 14.1. The maximum atomic E-state index is 12.8. The molecule has 2 heterocycles. The Morgan fingerprint density at radius 2 is 1.65 bits per heavy atom. The van der Waals surface area contributed by atoms with Crippen molar-refractivity contribution in [3.05, 3.63) is 11.3 Å². The monoisotopic (exact) mass is 696 g/mol. The van der Waals surface area contributed by atoms with E-state index in [1.54, 1.807) is 0 Å². The summed E-state index contributed by atoms with van der Waals surface area (Å²) < 4.78 is 22.3. The largest absolute Gasteiger partial charge is 0.511 e. The van der Waals surface area contributed by atoms with E-state index in [0.29, 0.717) is 121 Å². The van der Waals surface area contributed by atoms with E-state index in [1.807, 2.05) is 25.6 Å². The van der Waals surface area contributed by atoms with E-state index in [-0.39, 0.29) is 41.0 Å². The van der Waals surface area contributed by atoms with Crippen LogP contribution in [0.5, 0.6) is 0 Å². The summed E-state index contributed by atoms with van der Waals surface area (Å²) in [5, 5.41) is 23.5. The molecule has 1 aliphatic carbocycles. The predicted octanol–water partition coefficient (Wildman–Crippen LogP) is 2.87. The maximum Gasteiger partial charge on any atom is 0.315 e. The number of amides is 3. The van der Waals surface area contributed by atoms with Gasteiger partial charge in [-0.2, -0.15) is 11.8 Å². The number of unbranched alkanes of at least 4 members (excludes halogenated alkanes) is 1. The summed E-state index contributed by atoms with van der Waals surface area (Å²) in [6.45, 7) is 8.37. The first-order valence-corrected chi connectivity index (χ1v) is 18.0. The van der Waals surface area contributed by atoms with E-state index < -0.39 is 0 Å². The van der Waals surface area contributed by atoms with Crippen molar-refractivity contribution in [2.45, 2.75) is 82.5 Å². The van der Waals surface area contributed by atoms with Crippen LogP contribution in [0.1, 0.15) is 65.2 Å². The number of aliphatic hydroxyl groups is 1. The van der Waals surface area contributed by atoms with E-state index in [4.69, 9.17) is 24.5 Å². The minimum Gasteiger partial charge on any atom is -0.511 e. The number of rotatable bonds is 25. The van der Waals surface area contributed by atoms with E-state index in [2.05, 4.69) is 31.0 Å². The highest BCUT2D eigenvalue weighted by molar-refractivity contribution is 8.00. The number of fused-ring (bicyclic) bond motifs is 1. The zero-order chi connectivity index (χ0) is 34.6. The third kappa shape index (κ3) is 14.7. The van der Waals surface area contributed by atoms with Crippen LogP contribution in [0.4, 0.5) is 4.79 Å². The number of hydrogen-bond acceptors (Lipinski definition) is 12. The summed E-state index contributed by atoms with van der Waals surface area (Å²) in [5.74, 6) is 0.949. The second-order valence-electron chi connectivity index (χ2n) is 12.8. The molecule has 3 unspecified atom stereocenters. The van der Waals surface area contributed by atoms with Crippen LogP contribution in [0.15, 0.2) is 21.4 Å². The van der Waals surface area contributed by atoms with Gasteiger partial charge in [0.1, 0.15) is 22.9 Å². The third-order valence-corrected chi connectivity index (χ3v) is 9.69. The molecule has 0 aromatic heterocycles. The average molecular weight is 697 g/mol. The topological polar surface area (TPSA) is 207 Å². The molecule has 0 aromatic carbocycles. The quantitative estimate of drug-likeness (QED) is 0.0312. The zero-order valence-corrected chi connectivity index (χ0v) is 29.2. The fourth-order valence-corrected chi connectivity index (χ4v) is 7.40. The lowest BCUT2D eigenvalue weighted by Crippen LogP contribution is -2.36. The van der Waals surface area contributed by atoms with Crippen LogP contribution in [-0.4, -0.2) is 124 Å². The van der Waals surface area contributed by atoms with Crippen molar-refractivity contribution < 1.29 is 38.4 Å². The fourth-order valence-electron chi connectivity index (χ4n) is 5.86. The van der Waals surface area contributed by atoms with Gasteiger partial charge in [-0.25, -0.2) is 4.79 Å². The second kappa shape index (κ2) is 22.0. The van der Waals surface area contributed by atoms with Gasteiger partial charge in [-0.1, -0.05) is 20.3 Å². The molecule has 0 aromatic rings. The number of carbonyl (C=O) groups excluding carboxylic acids is 3. The van der Waals surface area contributed by atoms with E-state index in [1.165, 1.54) is 0 Å². The molecule has 0 spiro atoms. The van der Waals surface area contributed by atoms with E-state index in [9.17, 15) is 19.5 Å². The summed E-state index contributed by atoms with van der Waals surface area (Å²) in [6.07, 6.45) is 5.03. The SMILES string of the molecule is CC1(C)CC(=O)C(C(CCOCCOCCOCCOCCNC(=O)CCCCC2SCC3NC(=O)NC32)=NCCCN=[N+]=N)=C(O)C1. The number of nitrogens with zero attached hydrogens (tertiary/aromatic N) is 3. The summed E-state index contributed by atoms with van der Waals surface area (Å²) in [7, 11) is 0. The Kier molecular flexibility index (Phi) is 18.1. The molecule has 0 saturated carbocycles. The van der Waals surface area contributed by atoms with Crippen LogP contribution >= 0.6 is 11.8 Å². The van der Waals surface area contributed by atoms with Crippen molar-refractivity contribution in [2.24, 2.45) is 15.5 Å². The van der Waals surface area contributed by atoms with Gasteiger partial charge >= 0.3 is 6.03 Å². The summed E-state index contributed by atoms with van der Waals surface area (Å²) in [5.41, 5.74) is 7.30. The van der Waals surface area contributed by atoms with Gasteiger partial charge in [-0.3, -0.25) is 14.6 Å². The van der Waals surface area contributed by atoms with Gasteiger partial charge in [0.05, 0.1) is 76.2 Å². The van der Waals surface area contributed by atoms with Crippen molar-refractivity contribution in [1.82, 2.24) is 20.9 Å². The molecule has 48 heavy (non-hydrogen) atoms. The van der Waals surface area contributed by atoms with Gasteiger partial charge in [0.25, 0.3) is 0 Å². The highest BCUT2D eigenvalue weighted by Gasteiger charge is 2.42. The molecular weight excluding hydrogens is 642 g/mol. The normalized spacial score (nSPS) is 21.9. The van der Waals surface area contributed by atoms with Crippen molar-refractivity contribution >= 4 is 35.2 Å². The molecule has 0 radical (unpaired) electrons. The lowest BCUT2D eigenvalue weighted by Gasteiger charge is -2.30. The van der Waals surface area contributed by atoms with E-state index in [0.717, 1.165) is 25.0 Å². The number of thioether (sulfide) groups is 1. The number of Topliss-reactive ketones (excluding diaryl/α,β-unsaturated/α-hetero) is 1. The van der Waals surface area contributed by atoms with Gasteiger partial charge in [-0.15, -0.1) is 0 Å². The summed E-state index contributed by atoms with van der Waals surface area (Å²) >= 11 is 1.89. The number of urea groups is 1. The van der Waals surface area contributed by atoms with Gasteiger partial charge in [0, 0.05) is 49.8 Å². The molecular formula is C32H54N7O8S+. The standard InChI is InChI=1S/C32H53N7O8S/c1-32(2)20-25(40)29(26(41)21-32)23(34-9-5-10-36-39-33)8-12-44-14-16-46-18-19-47-17-15-45-13-11-35-28(42)7-4-3-6-27-30-24(22-48-27)37-31(43)38-30/h24,27,30,33H,3-22H2,1-2H3,(H3-,34,35,37,38,40,41,42,43)/p+1. The molecule has 270 valence electrons. The molecule has 3 amide bonds. The van der Waals surface area contributed by atoms with Crippen molar-refractivity contribution in [2.75, 3.05) is 78.2 Å². The average Bonchev–Trinajstić information content (AvgIpc) is 3.58. The number of aliphatic imine (C=N–C) groups is 1. The molecule has 3 atom stereocenters. The number of aliphatic hydroxyl groups excluding tert-OH is 1. The van der Waals surface area contributed by atoms with Crippen molar-refractivity contribution in [1.29, 1.82) is 5.53 Å². The lowest BCUT2D eigenvalue weighted by molar-refractivity contribution is -0.121. The van der Waals surface area contributed by atoms with Crippen molar-refractivity contribution in [3.8, 4) is 0 Å². The van der Waals surface area contributed by atoms with E-state index >= 15 is 0 Å². The molecule has 5 N–H and O–H groups in total.